The highest BCUT2D eigenvalue weighted by atomic mass is 19.1. The molecule has 0 amide bonds. The van der Waals surface area contributed by atoms with Crippen molar-refractivity contribution in [3.8, 4) is 5.75 Å². The van der Waals surface area contributed by atoms with Crippen molar-refractivity contribution in [2.24, 2.45) is 0 Å². The molecule has 0 aliphatic rings. The number of furan rings is 1. The van der Waals surface area contributed by atoms with Gasteiger partial charge in [-0.05, 0) is 25.1 Å². The van der Waals surface area contributed by atoms with E-state index in [2.05, 4.69) is 0 Å². The average molecular weight is 372 g/mol. The molecule has 27 heavy (non-hydrogen) atoms. The zero-order valence-corrected chi connectivity index (χ0v) is 14.8. The summed E-state index contributed by atoms with van der Waals surface area (Å²) < 4.78 is 34.7. The molecule has 0 saturated heterocycles. The second-order valence-corrected chi connectivity index (χ2v) is 5.55. The third-order valence-electron chi connectivity index (χ3n) is 3.90. The van der Waals surface area contributed by atoms with Crippen LogP contribution in [0, 0.1) is 5.82 Å². The van der Waals surface area contributed by atoms with Gasteiger partial charge in [0.05, 0.1) is 24.8 Å². The second-order valence-electron chi connectivity index (χ2n) is 5.55. The molecule has 6 nitrogen and oxygen atoms in total. The number of methoxy groups -OCH3 is 1. The highest BCUT2D eigenvalue weighted by Crippen LogP contribution is 2.28. The van der Waals surface area contributed by atoms with Crippen molar-refractivity contribution in [3.05, 3.63) is 65.2 Å². The summed E-state index contributed by atoms with van der Waals surface area (Å²) in [6, 6.07) is 10.8. The number of esters is 2. The highest BCUT2D eigenvalue weighted by molar-refractivity contribution is 5.96. The minimum absolute atomic E-state index is 0.0407. The first-order valence-corrected chi connectivity index (χ1v) is 8.23. The molecule has 1 heterocycles. The van der Waals surface area contributed by atoms with Gasteiger partial charge in [-0.15, -0.1) is 0 Å². The van der Waals surface area contributed by atoms with Crippen molar-refractivity contribution in [2.45, 2.75) is 13.5 Å². The van der Waals surface area contributed by atoms with Crippen LogP contribution in [0.4, 0.5) is 4.39 Å². The van der Waals surface area contributed by atoms with Gasteiger partial charge in [-0.25, -0.2) is 14.0 Å². The first-order chi connectivity index (χ1) is 13.0. The van der Waals surface area contributed by atoms with E-state index in [1.807, 2.05) is 0 Å². The number of carbonyl (C=O) groups is 2. The Morgan fingerprint density at radius 3 is 2.56 bits per heavy atom. The van der Waals surface area contributed by atoms with Crippen molar-refractivity contribution >= 4 is 22.9 Å². The molecule has 0 aliphatic carbocycles. The van der Waals surface area contributed by atoms with Gasteiger partial charge in [0.1, 0.15) is 23.8 Å². The van der Waals surface area contributed by atoms with Crippen LogP contribution in [0.15, 0.2) is 46.9 Å². The zero-order valence-electron chi connectivity index (χ0n) is 14.8. The molecule has 0 saturated carbocycles. The average Bonchev–Trinajstić information content (AvgIpc) is 3.05. The predicted molar refractivity (Wildman–Crippen MR) is 94.2 cm³/mol. The molecular weight excluding hydrogens is 355 g/mol. The zero-order chi connectivity index (χ0) is 19.4. The standard InChI is InChI=1S/C20H17FO6/c1-3-25-20(23)18-15(13-6-4-5-7-17(13)27-18)11-26-19(22)14-9-8-12(24-2)10-16(14)21/h4-10H,3,11H2,1-2H3. The summed E-state index contributed by atoms with van der Waals surface area (Å²) in [5.41, 5.74) is 0.592. The van der Waals surface area contributed by atoms with Gasteiger partial charge in [0, 0.05) is 11.5 Å². The van der Waals surface area contributed by atoms with E-state index < -0.39 is 17.8 Å². The molecule has 2 aromatic carbocycles. The number of para-hydroxylation sites is 1. The van der Waals surface area contributed by atoms with E-state index in [0.717, 1.165) is 6.07 Å². The number of fused-ring (bicyclic) bond motifs is 1. The Morgan fingerprint density at radius 2 is 1.85 bits per heavy atom. The van der Waals surface area contributed by atoms with Gasteiger partial charge in [-0.3, -0.25) is 0 Å². The molecule has 0 fully saturated rings. The summed E-state index contributed by atoms with van der Waals surface area (Å²) in [4.78, 5) is 24.4. The molecule has 0 N–H and O–H groups in total. The maximum absolute atomic E-state index is 14.0. The van der Waals surface area contributed by atoms with Crippen LogP contribution in [0.25, 0.3) is 11.0 Å². The highest BCUT2D eigenvalue weighted by Gasteiger charge is 2.23. The van der Waals surface area contributed by atoms with Gasteiger partial charge < -0.3 is 18.6 Å². The van der Waals surface area contributed by atoms with Crippen LogP contribution in [0.1, 0.15) is 33.4 Å². The molecule has 0 unspecified atom stereocenters. The second kappa shape index (κ2) is 7.90. The third kappa shape index (κ3) is 3.76. The molecule has 0 radical (unpaired) electrons. The topological polar surface area (TPSA) is 75.0 Å². The predicted octanol–water partition coefficient (Wildman–Crippen LogP) is 4.11. The normalized spacial score (nSPS) is 10.6. The number of carbonyl (C=O) groups excluding carboxylic acids is 2. The maximum atomic E-state index is 14.0. The minimum atomic E-state index is -0.866. The third-order valence-corrected chi connectivity index (χ3v) is 3.90. The van der Waals surface area contributed by atoms with E-state index in [4.69, 9.17) is 18.6 Å². The van der Waals surface area contributed by atoms with Crippen LogP contribution in [-0.4, -0.2) is 25.7 Å². The Kier molecular flexibility index (Phi) is 5.40. The van der Waals surface area contributed by atoms with Gasteiger partial charge >= 0.3 is 11.9 Å². The van der Waals surface area contributed by atoms with Crippen molar-refractivity contribution in [2.75, 3.05) is 13.7 Å². The fraction of sp³-hybridized carbons (Fsp3) is 0.200. The van der Waals surface area contributed by atoms with E-state index in [9.17, 15) is 14.0 Å². The van der Waals surface area contributed by atoms with Gasteiger partial charge in [0.2, 0.25) is 5.76 Å². The fourth-order valence-electron chi connectivity index (χ4n) is 2.61. The van der Waals surface area contributed by atoms with Crippen molar-refractivity contribution < 1.29 is 32.6 Å². The number of hydrogen-bond donors (Lipinski definition) is 0. The largest absolute Gasteiger partial charge is 0.497 e. The molecule has 0 spiro atoms. The first kappa shape index (κ1) is 18.4. The van der Waals surface area contributed by atoms with Gasteiger partial charge in [-0.1, -0.05) is 18.2 Å². The number of hydrogen-bond acceptors (Lipinski definition) is 6. The molecule has 3 aromatic rings. The van der Waals surface area contributed by atoms with Crippen LogP contribution in [-0.2, 0) is 16.1 Å². The Bertz CT molecular complexity index is 991. The van der Waals surface area contributed by atoms with E-state index >= 15 is 0 Å². The van der Waals surface area contributed by atoms with Crippen molar-refractivity contribution in [1.82, 2.24) is 0 Å². The quantitative estimate of drug-likeness (QED) is 0.606. The van der Waals surface area contributed by atoms with Gasteiger partial charge in [-0.2, -0.15) is 0 Å². The molecular formula is C20H17FO6. The summed E-state index contributed by atoms with van der Waals surface area (Å²) in [6.45, 7) is 1.58. The van der Waals surface area contributed by atoms with E-state index in [-0.39, 0.29) is 30.3 Å². The lowest BCUT2D eigenvalue weighted by Gasteiger charge is -2.07. The minimum Gasteiger partial charge on any atom is -0.497 e. The molecule has 1 aromatic heterocycles. The first-order valence-electron chi connectivity index (χ1n) is 8.23. The lowest BCUT2D eigenvalue weighted by molar-refractivity contribution is 0.0432. The monoisotopic (exact) mass is 372 g/mol. The number of ether oxygens (including phenoxy) is 3. The summed E-state index contributed by atoms with van der Waals surface area (Å²) >= 11 is 0. The lowest BCUT2D eigenvalue weighted by atomic mass is 10.1. The van der Waals surface area contributed by atoms with Crippen LogP contribution < -0.4 is 4.74 Å². The van der Waals surface area contributed by atoms with Gasteiger partial charge in [0.25, 0.3) is 0 Å². The molecule has 140 valence electrons. The molecule has 3 rings (SSSR count). The van der Waals surface area contributed by atoms with Gasteiger partial charge in [0.15, 0.2) is 0 Å². The summed E-state index contributed by atoms with van der Waals surface area (Å²) in [5, 5.41) is 0.614. The Morgan fingerprint density at radius 1 is 1.07 bits per heavy atom. The Balaban J connectivity index is 1.87. The smallest absolute Gasteiger partial charge is 0.374 e. The summed E-state index contributed by atoms with van der Waals surface area (Å²) in [7, 11) is 1.40. The molecule has 0 aliphatic heterocycles. The number of halogens is 1. The Labute approximate surface area is 154 Å². The number of rotatable bonds is 6. The Hall–Kier alpha value is -3.35. The van der Waals surface area contributed by atoms with E-state index in [0.29, 0.717) is 16.5 Å². The van der Waals surface area contributed by atoms with Crippen LogP contribution in [0.3, 0.4) is 0 Å². The van der Waals surface area contributed by atoms with Crippen molar-refractivity contribution in [1.29, 1.82) is 0 Å². The number of benzene rings is 2. The van der Waals surface area contributed by atoms with Crippen LogP contribution in [0.2, 0.25) is 0 Å². The van der Waals surface area contributed by atoms with Crippen LogP contribution in [0.5, 0.6) is 5.75 Å². The maximum Gasteiger partial charge on any atom is 0.374 e. The summed E-state index contributed by atoms with van der Waals surface area (Å²) in [6.07, 6.45) is 0. The van der Waals surface area contributed by atoms with E-state index in [1.54, 1.807) is 31.2 Å². The van der Waals surface area contributed by atoms with Crippen molar-refractivity contribution in [3.63, 3.8) is 0 Å². The van der Waals surface area contributed by atoms with Crippen LogP contribution >= 0.6 is 0 Å². The molecule has 0 atom stereocenters. The lowest BCUT2D eigenvalue weighted by Crippen LogP contribution is -2.11. The fourth-order valence-corrected chi connectivity index (χ4v) is 2.61. The molecule has 7 heteroatoms. The van der Waals surface area contributed by atoms with E-state index in [1.165, 1.54) is 19.2 Å². The SMILES string of the molecule is CCOC(=O)c1oc2ccccc2c1COC(=O)c1ccc(OC)cc1F. The molecule has 0 bridgehead atoms. The summed E-state index contributed by atoms with van der Waals surface area (Å²) in [5.74, 6) is -2.04.